The zero-order valence-electron chi connectivity index (χ0n) is 15.6. The summed E-state index contributed by atoms with van der Waals surface area (Å²) in [6, 6.07) is 6.33. The van der Waals surface area contributed by atoms with Gasteiger partial charge in [-0.25, -0.2) is 9.18 Å². The predicted molar refractivity (Wildman–Crippen MR) is 95.4 cm³/mol. The predicted octanol–water partition coefficient (Wildman–Crippen LogP) is 3.55. The number of carbonyl (C=O) groups is 2. The van der Waals surface area contributed by atoms with Crippen molar-refractivity contribution in [1.29, 1.82) is 0 Å². The smallest absolute Gasteiger partial charge is 0.417 e. The van der Waals surface area contributed by atoms with Gasteiger partial charge in [0.2, 0.25) is 0 Å². The van der Waals surface area contributed by atoms with Gasteiger partial charge in [-0.15, -0.1) is 0 Å². The van der Waals surface area contributed by atoms with Crippen molar-refractivity contribution in [1.82, 2.24) is 5.32 Å². The number of halogens is 4. The highest BCUT2D eigenvalue weighted by molar-refractivity contribution is 5.98. The van der Waals surface area contributed by atoms with E-state index < -0.39 is 47.1 Å². The monoisotopic (exact) mass is 413 g/mol. The highest BCUT2D eigenvalue weighted by Crippen LogP contribution is 2.33. The molecule has 2 aromatic carbocycles. The SMILES string of the molecule is CCOC(=O)C(NC(=O)c1ccc(F)cc1C(F)(F)F)[C@H](O)c1ccccc1C. The minimum absolute atomic E-state index is 0.0734. The molecule has 0 heterocycles. The molecule has 0 spiro atoms. The summed E-state index contributed by atoms with van der Waals surface area (Å²) in [6.07, 6.45) is -6.57. The zero-order chi connectivity index (χ0) is 21.8. The van der Waals surface area contributed by atoms with Gasteiger partial charge in [0.25, 0.3) is 5.91 Å². The van der Waals surface area contributed by atoms with Crippen LogP contribution in [0.3, 0.4) is 0 Å². The zero-order valence-corrected chi connectivity index (χ0v) is 15.6. The average Bonchev–Trinajstić information content (AvgIpc) is 2.65. The van der Waals surface area contributed by atoms with E-state index >= 15 is 0 Å². The van der Waals surface area contributed by atoms with E-state index in [1.807, 2.05) is 0 Å². The van der Waals surface area contributed by atoms with Gasteiger partial charge in [-0.3, -0.25) is 4.79 Å². The normalized spacial score (nSPS) is 13.5. The van der Waals surface area contributed by atoms with Crippen LogP contribution in [0.1, 0.15) is 40.1 Å². The number of aliphatic hydroxyl groups excluding tert-OH is 1. The average molecular weight is 413 g/mol. The quantitative estimate of drug-likeness (QED) is 0.561. The molecular formula is C20H19F4NO4. The summed E-state index contributed by atoms with van der Waals surface area (Å²) in [5.74, 6) is -3.49. The number of hydrogen-bond acceptors (Lipinski definition) is 4. The number of rotatable bonds is 6. The summed E-state index contributed by atoms with van der Waals surface area (Å²) in [4.78, 5) is 24.8. The first kappa shape index (κ1) is 22.4. The molecule has 2 atom stereocenters. The van der Waals surface area contributed by atoms with E-state index in [1.54, 1.807) is 25.1 Å². The summed E-state index contributed by atoms with van der Waals surface area (Å²) < 4.78 is 57.7. The lowest BCUT2D eigenvalue weighted by Crippen LogP contribution is -2.46. The Morgan fingerprint density at radius 3 is 2.41 bits per heavy atom. The molecule has 0 saturated heterocycles. The Kier molecular flexibility index (Phi) is 6.97. The van der Waals surface area contributed by atoms with Crippen LogP contribution in [0, 0.1) is 12.7 Å². The maximum atomic E-state index is 13.3. The van der Waals surface area contributed by atoms with Crippen molar-refractivity contribution in [2.24, 2.45) is 0 Å². The molecule has 0 fully saturated rings. The number of aryl methyl sites for hydroxylation is 1. The fourth-order valence-corrected chi connectivity index (χ4v) is 2.76. The van der Waals surface area contributed by atoms with Crippen LogP contribution in [0.25, 0.3) is 0 Å². The number of alkyl halides is 3. The third kappa shape index (κ3) is 5.32. The van der Waals surface area contributed by atoms with Crippen molar-refractivity contribution in [3.05, 3.63) is 70.5 Å². The van der Waals surface area contributed by atoms with Crippen LogP contribution in [0.2, 0.25) is 0 Å². The largest absolute Gasteiger partial charge is 0.464 e. The Morgan fingerprint density at radius 2 is 1.83 bits per heavy atom. The van der Waals surface area contributed by atoms with Gasteiger partial charge in [-0.1, -0.05) is 24.3 Å². The minimum Gasteiger partial charge on any atom is -0.464 e. The third-order valence-corrected chi connectivity index (χ3v) is 4.18. The maximum Gasteiger partial charge on any atom is 0.417 e. The molecule has 0 aliphatic rings. The first-order valence-corrected chi connectivity index (χ1v) is 8.64. The van der Waals surface area contributed by atoms with Crippen molar-refractivity contribution in [2.75, 3.05) is 6.61 Å². The van der Waals surface area contributed by atoms with Crippen LogP contribution in [0.4, 0.5) is 17.6 Å². The summed E-state index contributed by atoms with van der Waals surface area (Å²) >= 11 is 0. The number of esters is 1. The number of nitrogens with one attached hydrogen (secondary N) is 1. The second-order valence-corrected chi connectivity index (χ2v) is 6.19. The molecule has 0 saturated carbocycles. The number of hydrogen-bond donors (Lipinski definition) is 2. The highest BCUT2D eigenvalue weighted by atomic mass is 19.4. The van der Waals surface area contributed by atoms with Gasteiger partial charge < -0.3 is 15.2 Å². The van der Waals surface area contributed by atoms with Crippen molar-refractivity contribution in [2.45, 2.75) is 32.2 Å². The van der Waals surface area contributed by atoms with E-state index in [1.165, 1.54) is 13.0 Å². The molecule has 29 heavy (non-hydrogen) atoms. The van der Waals surface area contributed by atoms with Crippen LogP contribution in [0.5, 0.6) is 0 Å². The van der Waals surface area contributed by atoms with Crippen molar-refractivity contribution in [3.8, 4) is 0 Å². The van der Waals surface area contributed by atoms with Crippen LogP contribution in [-0.2, 0) is 15.7 Å². The fraction of sp³-hybridized carbons (Fsp3) is 0.300. The Morgan fingerprint density at radius 1 is 1.17 bits per heavy atom. The molecule has 0 aliphatic carbocycles. The lowest BCUT2D eigenvalue weighted by atomic mass is 9.97. The van der Waals surface area contributed by atoms with Gasteiger partial charge in [0, 0.05) is 0 Å². The van der Waals surface area contributed by atoms with Crippen LogP contribution >= 0.6 is 0 Å². The Bertz CT molecular complexity index is 898. The standard InChI is InChI=1S/C20H19F4NO4/c1-3-29-19(28)16(17(26)13-7-5-4-6-11(13)2)25-18(27)14-9-8-12(21)10-15(14)20(22,23)24/h4-10,16-17,26H,3H2,1-2H3,(H,25,27)/t16?,17-/m1/s1. The van der Waals surface area contributed by atoms with Gasteiger partial charge in [0.15, 0.2) is 6.04 Å². The lowest BCUT2D eigenvalue weighted by Gasteiger charge is -2.24. The summed E-state index contributed by atoms with van der Waals surface area (Å²) in [5.41, 5.74) is -1.49. The minimum atomic E-state index is -5.00. The first-order valence-electron chi connectivity index (χ1n) is 8.64. The molecule has 2 aromatic rings. The van der Waals surface area contributed by atoms with Gasteiger partial charge >= 0.3 is 12.1 Å². The maximum absolute atomic E-state index is 13.3. The van der Waals surface area contributed by atoms with Gasteiger partial charge in [-0.05, 0) is 43.2 Å². The Balaban J connectivity index is 2.41. The molecular weight excluding hydrogens is 394 g/mol. The molecule has 2 rings (SSSR count). The molecule has 9 heteroatoms. The highest BCUT2D eigenvalue weighted by Gasteiger charge is 2.38. The number of carbonyl (C=O) groups excluding carboxylic acids is 2. The molecule has 5 nitrogen and oxygen atoms in total. The fourth-order valence-electron chi connectivity index (χ4n) is 2.76. The third-order valence-electron chi connectivity index (χ3n) is 4.18. The molecule has 0 aromatic heterocycles. The molecule has 1 amide bonds. The topological polar surface area (TPSA) is 75.6 Å². The van der Waals surface area contributed by atoms with E-state index in [0.717, 1.165) is 0 Å². The van der Waals surface area contributed by atoms with Gasteiger partial charge in [0.05, 0.1) is 17.7 Å². The summed E-state index contributed by atoms with van der Waals surface area (Å²) in [7, 11) is 0. The van der Waals surface area contributed by atoms with E-state index in [-0.39, 0.29) is 12.7 Å². The number of ether oxygens (including phenoxy) is 1. The van der Waals surface area contributed by atoms with E-state index in [2.05, 4.69) is 5.32 Å². The summed E-state index contributed by atoms with van der Waals surface area (Å²) in [5, 5.41) is 12.7. The van der Waals surface area contributed by atoms with Gasteiger partial charge in [-0.2, -0.15) is 13.2 Å². The van der Waals surface area contributed by atoms with Crippen LogP contribution in [-0.4, -0.2) is 29.6 Å². The van der Waals surface area contributed by atoms with Crippen molar-refractivity contribution < 1.29 is 37.0 Å². The molecule has 156 valence electrons. The lowest BCUT2D eigenvalue weighted by molar-refractivity contribution is -0.148. The number of benzene rings is 2. The van der Waals surface area contributed by atoms with Crippen molar-refractivity contribution in [3.63, 3.8) is 0 Å². The van der Waals surface area contributed by atoms with E-state index in [0.29, 0.717) is 23.3 Å². The molecule has 1 unspecified atom stereocenters. The Hall–Kier alpha value is -2.94. The second kappa shape index (κ2) is 9.04. The summed E-state index contributed by atoms with van der Waals surface area (Å²) in [6.45, 7) is 3.08. The van der Waals surface area contributed by atoms with Gasteiger partial charge in [0.1, 0.15) is 11.9 Å². The second-order valence-electron chi connectivity index (χ2n) is 6.19. The van der Waals surface area contributed by atoms with Crippen LogP contribution < -0.4 is 5.32 Å². The first-order chi connectivity index (χ1) is 13.6. The molecule has 2 N–H and O–H groups in total. The Labute approximate surface area is 164 Å². The van der Waals surface area contributed by atoms with Crippen LogP contribution in [0.15, 0.2) is 42.5 Å². The molecule has 0 aliphatic heterocycles. The van der Waals surface area contributed by atoms with Crippen molar-refractivity contribution >= 4 is 11.9 Å². The van der Waals surface area contributed by atoms with E-state index in [9.17, 15) is 32.3 Å². The number of aliphatic hydroxyl groups is 1. The molecule has 0 bridgehead atoms. The number of amides is 1. The van der Waals surface area contributed by atoms with E-state index in [4.69, 9.17) is 4.74 Å². The molecule has 0 radical (unpaired) electrons.